The molecule has 1 fully saturated rings. The van der Waals surface area contributed by atoms with Crippen molar-refractivity contribution < 1.29 is 23.8 Å². The molecule has 0 N–H and O–H groups in total. The first-order chi connectivity index (χ1) is 12.1. The van der Waals surface area contributed by atoms with Crippen LogP contribution >= 0.6 is 11.8 Å². The second kappa shape index (κ2) is 7.72. The Morgan fingerprint density at radius 1 is 1.04 bits per heavy atom. The first kappa shape index (κ1) is 17.5. The predicted octanol–water partition coefficient (Wildman–Crippen LogP) is 3.51. The predicted molar refractivity (Wildman–Crippen MR) is 94.3 cm³/mol. The van der Waals surface area contributed by atoms with Crippen LogP contribution in [0.5, 0.6) is 0 Å². The Bertz CT molecular complexity index is 734. The molecule has 6 heteroatoms. The maximum atomic E-state index is 12.1. The number of hydrogen-bond acceptors (Lipinski definition) is 6. The van der Waals surface area contributed by atoms with Gasteiger partial charge in [0.25, 0.3) is 0 Å². The van der Waals surface area contributed by atoms with Gasteiger partial charge in [0, 0.05) is 0 Å². The zero-order valence-electron chi connectivity index (χ0n) is 13.7. The molecule has 0 amide bonds. The number of esters is 2. The molecule has 5 nitrogen and oxygen atoms in total. The number of benzene rings is 2. The van der Waals surface area contributed by atoms with Gasteiger partial charge in [0.2, 0.25) is 0 Å². The molecule has 130 valence electrons. The van der Waals surface area contributed by atoms with Crippen molar-refractivity contribution in [3.63, 3.8) is 0 Å². The molecule has 0 saturated carbocycles. The van der Waals surface area contributed by atoms with E-state index in [-0.39, 0.29) is 13.2 Å². The fraction of sp³-hybridized carbons (Fsp3) is 0.263. The van der Waals surface area contributed by atoms with Gasteiger partial charge < -0.3 is 14.2 Å². The van der Waals surface area contributed by atoms with Gasteiger partial charge in [0.1, 0.15) is 11.5 Å². The summed E-state index contributed by atoms with van der Waals surface area (Å²) in [4.78, 5) is 23.4. The first-order valence-electron chi connectivity index (χ1n) is 7.86. The van der Waals surface area contributed by atoms with Crippen molar-refractivity contribution in [2.75, 3.05) is 13.2 Å². The summed E-state index contributed by atoms with van der Waals surface area (Å²) in [5, 5.41) is 0. The van der Waals surface area contributed by atoms with E-state index in [1.807, 2.05) is 19.1 Å². The van der Waals surface area contributed by atoms with Crippen LogP contribution in [0.1, 0.15) is 27.6 Å². The monoisotopic (exact) mass is 358 g/mol. The summed E-state index contributed by atoms with van der Waals surface area (Å²) in [6.07, 6.45) is 0. The summed E-state index contributed by atoms with van der Waals surface area (Å²) in [6, 6.07) is 17.6. The van der Waals surface area contributed by atoms with Gasteiger partial charge in [-0.3, -0.25) is 0 Å². The van der Waals surface area contributed by atoms with Crippen LogP contribution in [0, 0.1) is 0 Å². The molecule has 0 aromatic heterocycles. The van der Waals surface area contributed by atoms with Crippen LogP contribution < -0.4 is 0 Å². The van der Waals surface area contributed by atoms with E-state index in [4.69, 9.17) is 14.2 Å². The third-order valence-corrected chi connectivity index (χ3v) is 4.86. The number of thioether (sulfide) groups is 1. The van der Waals surface area contributed by atoms with E-state index in [2.05, 4.69) is 0 Å². The van der Waals surface area contributed by atoms with Gasteiger partial charge in [0.05, 0.1) is 17.7 Å². The van der Waals surface area contributed by atoms with Gasteiger partial charge in [-0.05, 0) is 31.2 Å². The normalized spacial score (nSPS) is 22.4. The zero-order valence-corrected chi connectivity index (χ0v) is 14.5. The molecule has 1 aliphatic rings. The lowest BCUT2D eigenvalue weighted by Gasteiger charge is -2.21. The largest absolute Gasteiger partial charge is 0.458 e. The van der Waals surface area contributed by atoms with Crippen molar-refractivity contribution in [2.24, 2.45) is 0 Å². The SMILES string of the molecule is CC1(COC(=O)c2ccccc2)OCC(OC(=O)c2ccccc2)S1. The number of ether oxygens (including phenoxy) is 3. The van der Waals surface area contributed by atoms with Gasteiger partial charge >= 0.3 is 11.9 Å². The van der Waals surface area contributed by atoms with Crippen LogP contribution in [0.25, 0.3) is 0 Å². The van der Waals surface area contributed by atoms with E-state index >= 15 is 0 Å². The highest BCUT2D eigenvalue weighted by Crippen LogP contribution is 2.38. The van der Waals surface area contributed by atoms with Crippen molar-refractivity contribution in [1.82, 2.24) is 0 Å². The molecule has 2 unspecified atom stereocenters. The molecule has 0 aliphatic carbocycles. The summed E-state index contributed by atoms with van der Waals surface area (Å²) in [7, 11) is 0. The third-order valence-electron chi connectivity index (χ3n) is 3.63. The molecule has 0 spiro atoms. The average Bonchev–Trinajstić information content (AvgIpc) is 3.02. The lowest BCUT2D eigenvalue weighted by molar-refractivity contribution is -0.0208. The molecule has 0 radical (unpaired) electrons. The number of carbonyl (C=O) groups excluding carboxylic acids is 2. The zero-order chi connectivity index (χ0) is 17.7. The highest BCUT2D eigenvalue weighted by Gasteiger charge is 2.40. The van der Waals surface area contributed by atoms with Crippen molar-refractivity contribution >= 4 is 23.7 Å². The van der Waals surface area contributed by atoms with E-state index in [9.17, 15) is 9.59 Å². The van der Waals surface area contributed by atoms with Gasteiger partial charge in [-0.1, -0.05) is 48.2 Å². The summed E-state index contributed by atoms with van der Waals surface area (Å²) in [6.45, 7) is 2.14. The molecule has 1 heterocycles. The molecule has 1 aliphatic heterocycles. The summed E-state index contributed by atoms with van der Waals surface area (Å²) in [5.74, 6) is -0.803. The van der Waals surface area contributed by atoms with Crippen LogP contribution in [-0.2, 0) is 14.2 Å². The molecule has 0 bridgehead atoms. The van der Waals surface area contributed by atoms with E-state index in [0.717, 1.165) is 0 Å². The molecule has 3 rings (SSSR count). The number of rotatable bonds is 5. The van der Waals surface area contributed by atoms with Gasteiger partial charge in [-0.15, -0.1) is 0 Å². The molecule has 25 heavy (non-hydrogen) atoms. The van der Waals surface area contributed by atoms with Crippen LogP contribution in [-0.4, -0.2) is 35.5 Å². The Hall–Kier alpha value is -2.31. The molecular weight excluding hydrogens is 340 g/mol. The maximum Gasteiger partial charge on any atom is 0.339 e. The van der Waals surface area contributed by atoms with E-state index in [0.29, 0.717) is 11.1 Å². The second-order valence-corrected chi connectivity index (χ2v) is 7.33. The summed E-state index contributed by atoms with van der Waals surface area (Å²) < 4.78 is 16.5. The Kier molecular flexibility index (Phi) is 5.40. The van der Waals surface area contributed by atoms with Crippen LogP contribution in [0.3, 0.4) is 0 Å². The highest BCUT2D eigenvalue weighted by atomic mass is 32.2. The van der Waals surface area contributed by atoms with Crippen molar-refractivity contribution in [3.05, 3.63) is 71.8 Å². The minimum Gasteiger partial charge on any atom is -0.458 e. The van der Waals surface area contributed by atoms with Crippen LogP contribution in [0.4, 0.5) is 0 Å². The minimum atomic E-state index is -0.744. The molecule has 2 atom stereocenters. The fourth-order valence-electron chi connectivity index (χ4n) is 2.34. The van der Waals surface area contributed by atoms with Crippen molar-refractivity contribution in [2.45, 2.75) is 17.3 Å². The van der Waals surface area contributed by atoms with Gasteiger partial charge in [-0.2, -0.15) is 0 Å². The number of carbonyl (C=O) groups is 2. The minimum absolute atomic E-state index is 0.0742. The first-order valence-corrected chi connectivity index (χ1v) is 8.74. The molecule has 2 aromatic carbocycles. The lowest BCUT2D eigenvalue weighted by atomic mass is 10.2. The van der Waals surface area contributed by atoms with Crippen LogP contribution in [0.2, 0.25) is 0 Å². The smallest absolute Gasteiger partial charge is 0.339 e. The van der Waals surface area contributed by atoms with Crippen LogP contribution in [0.15, 0.2) is 60.7 Å². The third kappa shape index (κ3) is 4.61. The average molecular weight is 358 g/mol. The maximum absolute atomic E-state index is 12.1. The number of hydrogen-bond donors (Lipinski definition) is 0. The Balaban J connectivity index is 1.51. The van der Waals surface area contributed by atoms with Crippen molar-refractivity contribution in [3.8, 4) is 0 Å². The lowest BCUT2D eigenvalue weighted by Crippen LogP contribution is -2.28. The Morgan fingerprint density at radius 2 is 1.60 bits per heavy atom. The van der Waals surface area contributed by atoms with Crippen molar-refractivity contribution in [1.29, 1.82) is 0 Å². The highest BCUT2D eigenvalue weighted by molar-refractivity contribution is 8.01. The van der Waals surface area contributed by atoms with E-state index < -0.39 is 22.3 Å². The van der Waals surface area contributed by atoms with E-state index in [1.54, 1.807) is 48.5 Å². The second-order valence-electron chi connectivity index (χ2n) is 5.71. The molecule has 1 saturated heterocycles. The standard InChI is InChI=1S/C19H18O5S/c1-19(13-22-17(20)14-8-4-2-5-9-14)23-12-16(25-19)24-18(21)15-10-6-3-7-11-15/h2-11,16H,12-13H2,1H3. The fourth-order valence-corrected chi connectivity index (χ4v) is 3.43. The van der Waals surface area contributed by atoms with Gasteiger partial charge in [-0.25, -0.2) is 9.59 Å². The Labute approximate surface area is 150 Å². The topological polar surface area (TPSA) is 61.8 Å². The van der Waals surface area contributed by atoms with E-state index in [1.165, 1.54) is 11.8 Å². The molecular formula is C19H18O5S. The summed E-state index contributed by atoms with van der Waals surface area (Å²) >= 11 is 1.33. The Morgan fingerprint density at radius 3 is 2.20 bits per heavy atom. The quantitative estimate of drug-likeness (QED) is 0.762. The van der Waals surface area contributed by atoms with Gasteiger partial charge in [0.15, 0.2) is 5.44 Å². The summed E-state index contributed by atoms with van der Waals surface area (Å²) in [5.41, 5.74) is 0.543. The molecule has 2 aromatic rings.